The van der Waals surface area contributed by atoms with Gasteiger partial charge in [-0.2, -0.15) is 5.21 Å². The summed E-state index contributed by atoms with van der Waals surface area (Å²) >= 11 is 0. The van der Waals surface area contributed by atoms with Gasteiger partial charge in [-0.25, -0.2) is 0 Å². The second-order valence-corrected chi connectivity index (χ2v) is 3.61. The molecule has 1 aliphatic rings. The van der Waals surface area contributed by atoms with E-state index in [1.807, 2.05) is 0 Å². The van der Waals surface area contributed by atoms with Crippen LogP contribution < -0.4 is 10.6 Å². The molecule has 2 rings (SSSR count). The van der Waals surface area contributed by atoms with Crippen LogP contribution in [0.5, 0.6) is 0 Å². The van der Waals surface area contributed by atoms with Crippen molar-refractivity contribution in [1.82, 2.24) is 31.3 Å². The largest absolute Gasteiger partial charge is 0.345 e. The third-order valence-corrected chi connectivity index (χ3v) is 2.43. The van der Waals surface area contributed by atoms with Crippen molar-refractivity contribution >= 4 is 5.91 Å². The molecule has 0 bridgehead atoms. The normalized spacial score (nSPS) is 22.0. The van der Waals surface area contributed by atoms with Crippen molar-refractivity contribution in [2.24, 2.45) is 0 Å². The van der Waals surface area contributed by atoms with Gasteiger partial charge in [0.05, 0.1) is 0 Å². The number of nitrogens with zero attached hydrogens (tertiary/aromatic N) is 3. The van der Waals surface area contributed by atoms with Gasteiger partial charge in [-0.1, -0.05) is 6.42 Å². The van der Waals surface area contributed by atoms with Gasteiger partial charge in [-0.3, -0.25) is 4.79 Å². The Kier molecular flexibility index (Phi) is 3.23. The average molecular weight is 210 g/mol. The fourth-order valence-electron chi connectivity index (χ4n) is 1.65. The monoisotopic (exact) mass is 210 g/mol. The molecule has 0 aromatic carbocycles. The Labute approximate surface area is 87.0 Å². The Balaban J connectivity index is 1.87. The van der Waals surface area contributed by atoms with Crippen molar-refractivity contribution in [3.05, 3.63) is 5.82 Å². The molecule has 1 amide bonds. The maximum Gasteiger partial charge on any atom is 0.293 e. The predicted molar refractivity (Wildman–Crippen MR) is 52.2 cm³/mol. The number of nitrogens with one attached hydrogen (secondary N) is 3. The summed E-state index contributed by atoms with van der Waals surface area (Å²) in [6.07, 6.45) is 3.29. The lowest BCUT2D eigenvalue weighted by Crippen LogP contribution is -2.41. The van der Waals surface area contributed by atoms with E-state index in [2.05, 4.69) is 31.3 Å². The molecule has 0 spiro atoms. The molecule has 2 heterocycles. The fraction of sp³-hybridized carbons (Fsp3) is 0.750. The lowest BCUT2D eigenvalue weighted by Gasteiger charge is -2.14. The summed E-state index contributed by atoms with van der Waals surface area (Å²) < 4.78 is 0. The molecular weight excluding hydrogens is 196 g/mol. The molecule has 7 nitrogen and oxygen atoms in total. The van der Waals surface area contributed by atoms with Crippen LogP contribution in [-0.4, -0.2) is 45.7 Å². The Morgan fingerprint density at radius 3 is 3.20 bits per heavy atom. The zero-order chi connectivity index (χ0) is 10.5. The second kappa shape index (κ2) is 4.83. The summed E-state index contributed by atoms with van der Waals surface area (Å²) in [5.41, 5.74) is 0. The minimum Gasteiger partial charge on any atom is -0.345 e. The van der Waals surface area contributed by atoms with E-state index in [1.165, 1.54) is 0 Å². The third-order valence-electron chi connectivity index (χ3n) is 2.43. The van der Waals surface area contributed by atoms with E-state index in [9.17, 15) is 4.79 Å². The molecule has 0 saturated carbocycles. The van der Waals surface area contributed by atoms with Crippen LogP contribution in [0.1, 0.15) is 29.9 Å². The Hall–Kier alpha value is -1.50. The highest BCUT2D eigenvalue weighted by molar-refractivity contribution is 5.90. The van der Waals surface area contributed by atoms with Crippen LogP contribution in [0, 0.1) is 0 Å². The maximum absolute atomic E-state index is 11.6. The number of tetrazole rings is 1. The molecule has 1 atom stereocenters. The lowest BCUT2D eigenvalue weighted by atomic mass is 10.1. The van der Waals surface area contributed by atoms with E-state index in [1.54, 1.807) is 0 Å². The van der Waals surface area contributed by atoms with Gasteiger partial charge in [0.2, 0.25) is 0 Å². The minimum atomic E-state index is -0.266. The number of hydrogen-bond donors (Lipinski definition) is 3. The summed E-state index contributed by atoms with van der Waals surface area (Å²) in [7, 11) is 0. The average Bonchev–Trinajstić information content (AvgIpc) is 2.65. The molecule has 7 heteroatoms. The van der Waals surface area contributed by atoms with E-state index >= 15 is 0 Å². The summed E-state index contributed by atoms with van der Waals surface area (Å²) in [4.78, 5) is 11.6. The molecule has 82 valence electrons. The van der Waals surface area contributed by atoms with Gasteiger partial charge in [-0.15, -0.1) is 10.2 Å². The molecule has 1 aliphatic heterocycles. The first-order valence-electron chi connectivity index (χ1n) is 5.11. The number of carbonyl (C=O) groups excluding carboxylic acids is 1. The van der Waals surface area contributed by atoms with Gasteiger partial charge in [-0.05, 0) is 24.6 Å². The van der Waals surface area contributed by atoms with E-state index in [0.29, 0.717) is 0 Å². The molecule has 15 heavy (non-hydrogen) atoms. The number of amides is 1. The van der Waals surface area contributed by atoms with Crippen molar-refractivity contribution in [3.8, 4) is 0 Å². The van der Waals surface area contributed by atoms with Crippen molar-refractivity contribution in [3.63, 3.8) is 0 Å². The van der Waals surface area contributed by atoms with Crippen molar-refractivity contribution < 1.29 is 4.79 Å². The SMILES string of the molecule is O=C(NC1CCCCNC1)c1nn[nH]n1. The third kappa shape index (κ3) is 2.72. The summed E-state index contributed by atoms with van der Waals surface area (Å²) in [6, 6.07) is 0.165. The zero-order valence-corrected chi connectivity index (χ0v) is 8.36. The first-order chi connectivity index (χ1) is 7.36. The summed E-state index contributed by atoms with van der Waals surface area (Å²) in [5.74, 6) is -0.170. The van der Waals surface area contributed by atoms with Crippen LogP contribution in [-0.2, 0) is 0 Å². The summed E-state index contributed by atoms with van der Waals surface area (Å²) in [6.45, 7) is 1.83. The van der Waals surface area contributed by atoms with Crippen molar-refractivity contribution in [1.29, 1.82) is 0 Å². The van der Waals surface area contributed by atoms with E-state index in [-0.39, 0.29) is 17.8 Å². The number of H-pyrrole nitrogens is 1. The minimum absolute atomic E-state index is 0.0965. The van der Waals surface area contributed by atoms with Gasteiger partial charge >= 0.3 is 0 Å². The summed E-state index contributed by atoms with van der Waals surface area (Å²) in [5, 5.41) is 19.0. The van der Waals surface area contributed by atoms with Gasteiger partial charge < -0.3 is 10.6 Å². The predicted octanol–water partition coefficient (Wildman–Crippen LogP) is -0.928. The number of carbonyl (C=O) groups is 1. The van der Waals surface area contributed by atoms with Crippen LogP contribution in [0.4, 0.5) is 0 Å². The van der Waals surface area contributed by atoms with Crippen LogP contribution >= 0.6 is 0 Å². The highest BCUT2D eigenvalue weighted by atomic mass is 16.2. The van der Waals surface area contributed by atoms with Gasteiger partial charge in [0.25, 0.3) is 11.7 Å². The molecule has 0 radical (unpaired) electrons. The second-order valence-electron chi connectivity index (χ2n) is 3.61. The number of hydrogen-bond acceptors (Lipinski definition) is 5. The van der Waals surface area contributed by atoms with Crippen molar-refractivity contribution in [2.45, 2.75) is 25.3 Å². The maximum atomic E-state index is 11.6. The molecule has 1 saturated heterocycles. The van der Waals surface area contributed by atoms with Gasteiger partial charge in [0.15, 0.2) is 0 Å². The van der Waals surface area contributed by atoms with E-state index in [4.69, 9.17) is 0 Å². The number of rotatable bonds is 2. The molecule has 1 unspecified atom stereocenters. The highest BCUT2D eigenvalue weighted by Gasteiger charge is 2.17. The smallest absolute Gasteiger partial charge is 0.293 e. The Bertz CT molecular complexity index is 303. The van der Waals surface area contributed by atoms with Gasteiger partial charge in [0.1, 0.15) is 0 Å². The number of aromatic nitrogens is 4. The Morgan fingerprint density at radius 2 is 2.40 bits per heavy atom. The standard InChI is InChI=1S/C8H14N6O/c15-8(7-11-13-14-12-7)10-6-3-1-2-4-9-5-6/h6,9H,1-5H2,(H,10,15)(H,11,12,13,14). The van der Waals surface area contributed by atoms with Crippen LogP contribution in [0.15, 0.2) is 0 Å². The first kappa shape index (κ1) is 10.0. The molecule has 0 aliphatic carbocycles. The molecule has 1 fully saturated rings. The Morgan fingerprint density at radius 1 is 1.47 bits per heavy atom. The molecular formula is C8H14N6O. The molecule has 3 N–H and O–H groups in total. The molecule has 1 aromatic heterocycles. The quantitative estimate of drug-likeness (QED) is 0.586. The lowest BCUT2D eigenvalue weighted by molar-refractivity contribution is 0.0925. The fourth-order valence-corrected chi connectivity index (χ4v) is 1.65. The van der Waals surface area contributed by atoms with Crippen LogP contribution in [0.25, 0.3) is 0 Å². The topological polar surface area (TPSA) is 95.6 Å². The van der Waals surface area contributed by atoms with Crippen molar-refractivity contribution in [2.75, 3.05) is 13.1 Å². The highest BCUT2D eigenvalue weighted by Crippen LogP contribution is 2.04. The number of aromatic amines is 1. The van der Waals surface area contributed by atoms with E-state index in [0.717, 1.165) is 32.4 Å². The van der Waals surface area contributed by atoms with Crippen LogP contribution in [0.2, 0.25) is 0 Å². The van der Waals surface area contributed by atoms with Crippen LogP contribution in [0.3, 0.4) is 0 Å². The van der Waals surface area contributed by atoms with E-state index < -0.39 is 0 Å². The first-order valence-corrected chi connectivity index (χ1v) is 5.11. The van der Waals surface area contributed by atoms with Gasteiger partial charge in [0, 0.05) is 12.6 Å². The zero-order valence-electron chi connectivity index (χ0n) is 8.36. The molecule has 1 aromatic rings.